The molecule has 144 valence electrons. The summed E-state index contributed by atoms with van der Waals surface area (Å²) in [5.41, 5.74) is 2.16. The van der Waals surface area contributed by atoms with Crippen molar-refractivity contribution in [3.63, 3.8) is 0 Å². The number of methoxy groups -OCH3 is 1. The standard InChI is InChI=1S/C20H17F2N3O3/c1-27-18-12-14(2-8-17(18)28-20(21)22)3-9-19(26)24-15-4-6-16(7-5-15)25-11-10-23-13-25/h2-13,20H,1H3,(H,24,26)/b9-3+. The Labute approximate surface area is 160 Å². The van der Waals surface area contributed by atoms with E-state index in [2.05, 4.69) is 15.0 Å². The van der Waals surface area contributed by atoms with Gasteiger partial charge in [-0.3, -0.25) is 4.79 Å². The van der Waals surface area contributed by atoms with Gasteiger partial charge in [-0.1, -0.05) is 6.07 Å². The molecule has 0 aliphatic heterocycles. The molecule has 0 unspecified atom stereocenters. The van der Waals surface area contributed by atoms with Crippen molar-refractivity contribution in [2.45, 2.75) is 6.61 Å². The lowest BCUT2D eigenvalue weighted by molar-refractivity contribution is -0.111. The van der Waals surface area contributed by atoms with Gasteiger partial charge in [0.2, 0.25) is 5.91 Å². The second-order valence-electron chi connectivity index (χ2n) is 5.63. The third-order valence-corrected chi connectivity index (χ3v) is 3.77. The first-order valence-electron chi connectivity index (χ1n) is 8.25. The van der Waals surface area contributed by atoms with Gasteiger partial charge in [0.05, 0.1) is 13.4 Å². The minimum absolute atomic E-state index is 0.0721. The smallest absolute Gasteiger partial charge is 0.387 e. The van der Waals surface area contributed by atoms with Gasteiger partial charge in [0.25, 0.3) is 0 Å². The van der Waals surface area contributed by atoms with Crippen molar-refractivity contribution in [1.82, 2.24) is 9.55 Å². The normalized spacial score (nSPS) is 11.0. The van der Waals surface area contributed by atoms with Crippen LogP contribution in [0.3, 0.4) is 0 Å². The molecule has 0 saturated carbocycles. The van der Waals surface area contributed by atoms with Crippen LogP contribution < -0.4 is 14.8 Å². The minimum atomic E-state index is -2.94. The number of hydrogen-bond acceptors (Lipinski definition) is 4. The summed E-state index contributed by atoms with van der Waals surface area (Å²) in [4.78, 5) is 16.1. The number of ether oxygens (including phenoxy) is 2. The van der Waals surface area contributed by atoms with Crippen molar-refractivity contribution in [2.24, 2.45) is 0 Å². The third-order valence-electron chi connectivity index (χ3n) is 3.77. The van der Waals surface area contributed by atoms with E-state index < -0.39 is 6.61 Å². The summed E-state index contributed by atoms with van der Waals surface area (Å²) in [6.07, 6.45) is 8.07. The van der Waals surface area contributed by atoms with Crippen LogP contribution >= 0.6 is 0 Å². The van der Waals surface area contributed by atoms with Crippen LogP contribution in [-0.2, 0) is 4.79 Å². The maximum absolute atomic E-state index is 12.4. The Hall–Kier alpha value is -3.68. The molecule has 3 aromatic rings. The van der Waals surface area contributed by atoms with Gasteiger partial charge in [0, 0.05) is 29.8 Å². The highest BCUT2D eigenvalue weighted by Gasteiger charge is 2.10. The van der Waals surface area contributed by atoms with Gasteiger partial charge >= 0.3 is 6.61 Å². The third kappa shape index (κ3) is 4.94. The SMILES string of the molecule is COc1cc(/C=C/C(=O)Nc2ccc(-n3ccnc3)cc2)ccc1OC(F)F. The molecule has 0 radical (unpaired) electrons. The van der Waals surface area contributed by atoms with Crippen molar-refractivity contribution in [2.75, 3.05) is 12.4 Å². The predicted molar refractivity (Wildman–Crippen MR) is 101 cm³/mol. The number of nitrogens with zero attached hydrogens (tertiary/aromatic N) is 2. The van der Waals surface area contributed by atoms with Crippen LogP contribution in [0.25, 0.3) is 11.8 Å². The Morgan fingerprint density at radius 1 is 1.18 bits per heavy atom. The summed E-state index contributed by atoms with van der Waals surface area (Å²) in [5.74, 6) is -0.253. The zero-order chi connectivity index (χ0) is 19.9. The Kier molecular flexibility index (Phi) is 6.01. The summed E-state index contributed by atoms with van der Waals surface area (Å²) in [7, 11) is 1.35. The number of benzene rings is 2. The fraction of sp³-hybridized carbons (Fsp3) is 0.100. The van der Waals surface area contributed by atoms with E-state index in [0.717, 1.165) is 5.69 Å². The molecular weight excluding hydrogens is 368 g/mol. The van der Waals surface area contributed by atoms with Crippen LogP contribution in [0.1, 0.15) is 5.56 Å². The molecule has 0 fully saturated rings. The fourth-order valence-corrected chi connectivity index (χ4v) is 2.47. The van der Waals surface area contributed by atoms with Crippen LogP contribution in [0, 0.1) is 0 Å². The van der Waals surface area contributed by atoms with Crippen LogP contribution in [0.2, 0.25) is 0 Å². The first kappa shape index (κ1) is 19.1. The van der Waals surface area contributed by atoms with E-state index in [-0.39, 0.29) is 17.4 Å². The first-order valence-corrected chi connectivity index (χ1v) is 8.25. The van der Waals surface area contributed by atoms with E-state index in [0.29, 0.717) is 11.3 Å². The molecule has 0 atom stereocenters. The van der Waals surface area contributed by atoms with Gasteiger partial charge in [-0.25, -0.2) is 4.98 Å². The number of carbonyl (C=O) groups excluding carboxylic acids is 1. The van der Waals surface area contributed by atoms with Crippen molar-refractivity contribution >= 4 is 17.7 Å². The zero-order valence-electron chi connectivity index (χ0n) is 14.9. The van der Waals surface area contributed by atoms with E-state index in [1.807, 2.05) is 22.9 Å². The van der Waals surface area contributed by atoms with Crippen molar-refractivity contribution in [1.29, 1.82) is 0 Å². The zero-order valence-corrected chi connectivity index (χ0v) is 14.9. The number of rotatable bonds is 7. The summed E-state index contributed by atoms with van der Waals surface area (Å²) in [6.45, 7) is -2.94. The molecule has 6 nitrogen and oxygen atoms in total. The Balaban J connectivity index is 1.63. The molecule has 0 aliphatic carbocycles. The average Bonchev–Trinajstić information content (AvgIpc) is 3.22. The first-order chi connectivity index (χ1) is 13.5. The quantitative estimate of drug-likeness (QED) is 0.621. The Morgan fingerprint density at radius 2 is 1.96 bits per heavy atom. The molecule has 1 amide bonds. The molecule has 1 heterocycles. The number of imidazole rings is 1. The Morgan fingerprint density at radius 3 is 2.61 bits per heavy atom. The fourth-order valence-electron chi connectivity index (χ4n) is 2.47. The lowest BCUT2D eigenvalue weighted by Crippen LogP contribution is -2.07. The highest BCUT2D eigenvalue weighted by molar-refractivity contribution is 6.02. The van der Waals surface area contributed by atoms with Crippen LogP contribution in [-0.4, -0.2) is 29.2 Å². The number of anilines is 1. The summed E-state index contributed by atoms with van der Waals surface area (Å²) in [6, 6.07) is 11.7. The maximum atomic E-state index is 12.4. The predicted octanol–water partition coefficient (Wildman–Crippen LogP) is 4.13. The van der Waals surface area contributed by atoms with E-state index in [1.54, 1.807) is 36.8 Å². The maximum Gasteiger partial charge on any atom is 0.387 e. The molecule has 1 N–H and O–H groups in total. The van der Waals surface area contributed by atoms with E-state index in [4.69, 9.17) is 4.74 Å². The number of aromatic nitrogens is 2. The molecule has 2 aromatic carbocycles. The van der Waals surface area contributed by atoms with Crippen molar-refractivity contribution < 1.29 is 23.0 Å². The molecule has 0 saturated heterocycles. The highest BCUT2D eigenvalue weighted by atomic mass is 19.3. The summed E-state index contributed by atoms with van der Waals surface area (Å²) < 4.78 is 36.0. The topological polar surface area (TPSA) is 65.4 Å². The van der Waals surface area contributed by atoms with Gasteiger partial charge in [-0.05, 0) is 48.0 Å². The van der Waals surface area contributed by atoms with E-state index >= 15 is 0 Å². The summed E-state index contributed by atoms with van der Waals surface area (Å²) in [5, 5.41) is 2.75. The van der Waals surface area contributed by atoms with Gasteiger partial charge in [-0.2, -0.15) is 8.78 Å². The monoisotopic (exact) mass is 385 g/mol. The largest absolute Gasteiger partial charge is 0.493 e. The van der Waals surface area contributed by atoms with Crippen LogP contribution in [0.5, 0.6) is 11.5 Å². The van der Waals surface area contributed by atoms with Crippen LogP contribution in [0.15, 0.2) is 67.3 Å². The number of alkyl halides is 2. The second-order valence-corrected chi connectivity index (χ2v) is 5.63. The lowest BCUT2D eigenvalue weighted by Gasteiger charge is -2.10. The number of carbonyl (C=O) groups is 1. The highest BCUT2D eigenvalue weighted by Crippen LogP contribution is 2.29. The van der Waals surface area contributed by atoms with Crippen LogP contribution in [0.4, 0.5) is 14.5 Å². The molecule has 0 spiro atoms. The molecule has 0 aliphatic rings. The molecule has 0 bridgehead atoms. The summed E-state index contributed by atoms with van der Waals surface area (Å²) >= 11 is 0. The molecule has 3 rings (SSSR count). The number of nitrogens with one attached hydrogen (secondary N) is 1. The number of halogens is 2. The molecule has 1 aromatic heterocycles. The van der Waals surface area contributed by atoms with Gasteiger partial charge < -0.3 is 19.4 Å². The van der Waals surface area contributed by atoms with Gasteiger partial charge in [0.15, 0.2) is 11.5 Å². The molecular formula is C20H17F2N3O3. The minimum Gasteiger partial charge on any atom is -0.493 e. The number of amides is 1. The van der Waals surface area contributed by atoms with Crippen molar-refractivity contribution in [3.8, 4) is 17.2 Å². The average molecular weight is 385 g/mol. The van der Waals surface area contributed by atoms with Gasteiger partial charge in [-0.15, -0.1) is 0 Å². The second kappa shape index (κ2) is 8.81. The molecule has 28 heavy (non-hydrogen) atoms. The lowest BCUT2D eigenvalue weighted by atomic mass is 10.2. The van der Waals surface area contributed by atoms with Crippen molar-refractivity contribution in [3.05, 3.63) is 72.8 Å². The van der Waals surface area contributed by atoms with E-state index in [9.17, 15) is 13.6 Å². The van der Waals surface area contributed by atoms with Gasteiger partial charge in [0.1, 0.15) is 0 Å². The number of hydrogen-bond donors (Lipinski definition) is 1. The molecule has 8 heteroatoms. The Bertz CT molecular complexity index is 955. The van der Waals surface area contributed by atoms with E-state index in [1.165, 1.54) is 25.3 Å².